The van der Waals surface area contributed by atoms with Crippen molar-refractivity contribution in [3.8, 4) is 0 Å². The summed E-state index contributed by atoms with van der Waals surface area (Å²) in [5.41, 5.74) is 6.51. The monoisotopic (exact) mass is 316 g/mol. The van der Waals surface area contributed by atoms with Crippen molar-refractivity contribution in [3.63, 3.8) is 0 Å². The summed E-state index contributed by atoms with van der Waals surface area (Å²) >= 11 is 6.02. The van der Waals surface area contributed by atoms with E-state index in [0.717, 1.165) is 12.8 Å². The second kappa shape index (κ2) is 6.02. The van der Waals surface area contributed by atoms with Crippen LogP contribution in [0.3, 0.4) is 0 Å². The molecule has 0 spiro atoms. The summed E-state index contributed by atoms with van der Waals surface area (Å²) in [4.78, 5) is 0.309. The zero-order chi connectivity index (χ0) is 14.9. The molecule has 4 nitrogen and oxygen atoms in total. The summed E-state index contributed by atoms with van der Waals surface area (Å²) in [5.74, 6) is 0.405. The standard InChI is InChI=1S/C14H21ClN2O2S/c1-10-13(15)4-3-5-14(10)20(18,19)17-8-6-12(7-9-17)11(2)16/h3-5,11-12H,6-9,16H2,1-2H3. The molecule has 0 aromatic heterocycles. The van der Waals surface area contributed by atoms with Gasteiger partial charge >= 0.3 is 0 Å². The van der Waals surface area contributed by atoms with Crippen LogP contribution in [0.2, 0.25) is 5.02 Å². The summed E-state index contributed by atoms with van der Waals surface area (Å²) in [7, 11) is -3.46. The van der Waals surface area contributed by atoms with Crippen molar-refractivity contribution in [2.24, 2.45) is 11.7 Å². The fourth-order valence-electron chi connectivity index (χ4n) is 2.65. The molecule has 2 rings (SSSR count). The van der Waals surface area contributed by atoms with Crippen LogP contribution in [0.15, 0.2) is 23.1 Å². The van der Waals surface area contributed by atoms with Gasteiger partial charge in [0.25, 0.3) is 0 Å². The van der Waals surface area contributed by atoms with Crippen LogP contribution in [0.5, 0.6) is 0 Å². The third kappa shape index (κ3) is 3.01. The maximum Gasteiger partial charge on any atom is 0.243 e. The second-order valence-corrected chi connectivity index (χ2v) is 7.78. The molecule has 0 bridgehead atoms. The van der Waals surface area contributed by atoms with Crippen molar-refractivity contribution in [2.45, 2.75) is 37.6 Å². The van der Waals surface area contributed by atoms with Gasteiger partial charge in [0.05, 0.1) is 4.90 Å². The van der Waals surface area contributed by atoms with Gasteiger partial charge in [0.15, 0.2) is 0 Å². The molecule has 1 heterocycles. The van der Waals surface area contributed by atoms with Crippen LogP contribution in [-0.4, -0.2) is 31.9 Å². The average Bonchev–Trinajstić information content (AvgIpc) is 2.41. The van der Waals surface area contributed by atoms with E-state index in [0.29, 0.717) is 34.5 Å². The fourth-order valence-corrected chi connectivity index (χ4v) is 4.60. The molecule has 6 heteroatoms. The fraction of sp³-hybridized carbons (Fsp3) is 0.571. The molecule has 1 saturated heterocycles. The van der Waals surface area contributed by atoms with Gasteiger partial charge in [-0.1, -0.05) is 17.7 Å². The van der Waals surface area contributed by atoms with E-state index in [1.165, 1.54) is 0 Å². The Morgan fingerprint density at radius 2 is 1.95 bits per heavy atom. The van der Waals surface area contributed by atoms with E-state index in [1.807, 2.05) is 6.92 Å². The molecule has 0 radical (unpaired) electrons. The smallest absolute Gasteiger partial charge is 0.243 e. The van der Waals surface area contributed by atoms with E-state index < -0.39 is 10.0 Å². The van der Waals surface area contributed by atoms with E-state index in [-0.39, 0.29) is 6.04 Å². The molecule has 1 atom stereocenters. The Kier molecular flexibility index (Phi) is 4.74. The molecule has 2 N–H and O–H groups in total. The Hall–Kier alpha value is -0.620. The normalized spacial score (nSPS) is 20.0. The van der Waals surface area contributed by atoms with Crippen molar-refractivity contribution in [3.05, 3.63) is 28.8 Å². The summed E-state index contributed by atoms with van der Waals surface area (Å²) in [6, 6.07) is 5.12. The lowest BCUT2D eigenvalue weighted by Crippen LogP contribution is -2.42. The molecule has 20 heavy (non-hydrogen) atoms. The van der Waals surface area contributed by atoms with Gasteiger partial charge in [0.2, 0.25) is 10.0 Å². The van der Waals surface area contributed by atoms with Crippen molar-refractivity contribution >= 4 is 21.6 Å². The van der Waals surface area contributed by atoms with Crippen LogP contribution < -0.4 is 5.73 Å². The minimum absolute atomic E-state index is 0.118. The lowest BCUT2D eigenvalue weighted by Gasteiger charge is -2.33. The van der Waals surface area contributed by atoms with Crippen LogP contribution in [0, 0.1) is 12.8 Å². The Bertz CT molecular complexity index is 579. The van der Waals surface area contributed by atoms with Gasteiger partial charge in [-0.15, -0.1) is 0 Å². The average molecular weight is 317 g/mol. The van der Waals surface area contributed by atoms with Crippen molar-refractivity contribution in [1.29, 1.82) is 0 Å². The number of rotatable bonds is 3. The van der Waals surface area contributed by atoms with E-state index in [4.69, 9.17) is 17.3 Å². The predicted molar refractivity (Wildman–Crippen MR) is 81.3 cm³/mol. The number of halogens is 1. The molecule has 0 amide bonds. The summed E-state index contributed by atoms with van der Waals surface area (Å²) in [6.07, 6.45) is 1.63. The number of hydrogen-bond acceptors (Lipinski definition) is 3. The molecule has 112 valence electrons. The van der Waals surface area contributed by atoms with Gasteiger partial charge in [-0.2, -0.15) is 4.31 Å². The molecule has 1 fully saturated rings. The van der Waals surface area contributed by atoms with Gasteiger partial charge in [-0.05, 0) is 50.3 Å². The minimum atomic E-state index is -3.46. The first kappa shape index (κ1) is 15.8. The van der Waals surface area contributed by atoms with Crippen molar-refractivity contribution in [2.75, 3.05) is 13.1 Å². The number of benzene rings is 1. The zero-order valence-corrected chi connectivity index (χ0v) is 13.4. The highest BCUT2D eigenvalue weighted by molar-refractivity contribution is 7.89. The van der Waals surface area contributed by atoms with E-state index in [9.17, 15) is 8.42 Å². The maximum absolute atomic E-state index is 12.7. The Balaban J connectivity index is 2.22. The number of nitrogens with zero attached hydrogens (tertiary/aromatic N) is 1. The van der Waals surface area contributed by atoms with Crippen LogP contribution in [0.4, 0.5) is 0 Å². The Morgan fingerprint density at radius 1 is 1.35 bits per heavy atom. The maximum atomic E-state index is 12.7. The molecule has 0 aliphatic carbocycles. The van der Waals surface area contributed by atoms with E-state index in [2.05, 4.69) is 0 Å². The lowest BCUT2D eigenvalue weighted by atomic mass is 9.92. The molecule has 1 aromatic carbocycles. The predicted octanol–water partition coefficient (Wildman–Crippen LogP) is 2.40. The lowest BCUT2D eigenvalue weighted by molar-refractivity contribution is 0.250. The van der Waals surface area contributed by atoms with Gasteiger partial charge < -0.3 is 5.73 Å². The van der Waals surface area contributed by atoms with Gasteiger partial charge in [0.1, 0.15) is 0 Å². The van der Waals surface area contributed by atoms with Crippen LogP contribution in [-0.2, 0) is 10.0 Å². The quantitative estimate of drug-likeness (QED) is 0.931. The molecule has 1 aromatic rings. The Morgan fingerprint density at radius 3 is 2.50 bits per heavy atom. The Labute approximate surface area is 126 Å². The summed E-state index contributed by atoms with van der Waals surface area (Å²) in [5, 5.41) is 0.483. The van der Waals surface area contributed by atoms with Crippen LogP contribution in [0.1, 0.15) is 25.3 Å². The SMILES string of the molecule is Cc1c(Cl)cccc1S(=O)(=O)N1CCC(C(C)N)CC1. The van der Waals surface area contributed by atoms with Crippen molar-refractivity contribution in [1.82, 2.24) is 4.31 Å². The summed E-state index contributed by atoms with van der Waals surface area (Å²) < 4.78 is 26.9. The van der Waals surface area contributed by atoms with Crippen LogP contribution in [0.25, 0.3) is 0 Å². The van der Waals surface area contributed by atoms with Crippen LogP contribution >= 0.6 is 11.6 Å². The number of nitrogens with two attached hydrogens (primary N) is 1. The van der Waals surface area contributed by atoms with Gasteiger partial charge in [-0.3, -0.25) is 0 Å². The summed E-state index contributed by atoms with van der Waals surface area (Å²) in [6.45, 7) is 4.78. The zero-order valence-electron chi connectivity index (χ0n) is 11.8. The molecule has 1 unspecified atom stereocenters. The van der Waals surface area contributed by atoms with E-state index >= 15 is 0 Å². The highest BCUT2D eigenvalue weighted by atomic mass is 35.5. The first-order chi connectivity index (χ1) is 9.34. The first-order valence-corrected chi connectivity index (χ1v) is 8.66. The highest BCUT2D eigenvalue weighted by Gasteiger charge is 2.31. The topological polar surface area (TPSA) is 63.4 Å². The number of sulfonamides is 1. The third-order valence-corrected chi connectivity index (χ3v) is 6.53. The largest absolute Gasteiger partial charge is 0.328 e. The second-order valence-electron chi connectivity index (χ2n) is 5.46. The minimum Gasteiger partial charge on any atom is -0.328 e. The van der Waals surface area contributed by atoms with Crippen molar-refractivity contribution < 1.29 is 8.42 Å². The molecule has 0 saturated carbocycles. The highest BCUT2D eigenvalue weighted by Crippen LogP contribution is 2.29. The first-order valence-electron chi connectivity index (χ1n) is 6.85. The molecular weight excluding hydrogens is 296 g/mol. The number of hydrogen-bond donors (Lipinski definition) is 1. The van der Waals surface area contributed by atoms with Gasteiger partial charge in [-0.25, -0.2) is 8.42 Å². The third-order valence-electron chi connectivity index (χ3n) is 4.08. The number of piperidine rings is 1. The molecule has 1 aliphatic heterocycles. The molecular formula is C14H21ClN2O2S. The van der Waals surface area contributed by atoms with E-state index in [1.54, 1.807) is 29.4 Å². The molecule has 1 aliphatic rings. The van der Waals surface area contributed by atoms with Gasteiger partial charge in [0, 0.05) is 24.2 Å².